The summed E-state index contributed by atoms with van der Waals surface area (Å²) in [6.07, 6.45) is 0.961. The van der Waals surface area contributed by atoms with Gasteiger partial charge < -0.3 is 10.4 Å². The van der Waals surface area contributed by atoms with E-state index >= 15 is 0 Å². The summed E-state index contributed by atoms with van der Waals surface area (Å²) in [5.74, 6) is -0.396. The minimum absolute atomic E-state index is 0.0492. The molecule has 0 aliphatic heterocycles. The summed E-state index contributed by atoms with van der Waals surface area (Å²) in [5.41, 5.74) is 0.235. The fourth-order valence-electron chi connectivity index (χ4n) is 1.34. The molecule has 1 unspecified atom stereocenters. The number of nitrogens with one attached hydrogen (secondary N) is 1. The van der Waals surface area contributed by atoms with Gasteiger partial charge in [-0.2, -0.15) is 5.26 Å². The first kappa shape index (κ1) is 12.1. The molecule has 84 valence electrons. The molecular weight excluding hydrogens is 204 g/mol. The third-order valence-corrected chi connectivity index (χ3v) is 2.31. The molecule has 0 aliphatic carbocycles. The van der Waals surface area contributed by atoms with Crippen molar-refractivity contribution in [2.24, 2.45) is 0 Å². The Hall–Kier alpha value is -2.02. The molecule has 0 fully saturated rings. The van der Waals surface area contributed by atoms with E-state index in [2.05, 4.69) is 5.32 Å². The molecule has 16 heavy (non-hydrogen) atoms. The fraction of sp³-hybridized carbons (Fsp3) is 0.333. The predicted octanol–water partition coefficient (Wildman–Crippen LogP) is 1.81. The van der Waals surface area contributed by atoms with E-state index < -0.39 is 0 Å². The lowest BCUT2D eigenvalue weighted by atomic mass is 10.1. The summed E-state index contributed by atoms with van der Waals surface area (Å²) in [6.45, 7) is 1.90. The number of rotatable bonds is 4. The van der Waals surface area contributed by atoms with Gasteiger partial charge >= 0.3 is 0 Å². The smallest absolute Gasteiger partial charge is 0.255 e. The van der Waals surface area contributed by atoms with E-state index in [1.807, 2.05) is 13.0 Å². The van der Waals surface area contributed by atoms with Crippen LogP contribution in [0.2, 0.25) is 0 Å². The Morgan fingerprint density at radius 2 is 2.25 bits per heavy atom. The van der Waals surface area contributed by atoms with E-state index in [1.54, 1.807) is 18.2 Å². The molecule has 0 aromatic heterocycles. The fourth-order valence-corrected chi connectivity index (χ4v) is 1.34. The van der Waals surface area contributed by atoms with Crippen molar-refractivity contribution in [1.29, 1.82) is 5.26 Å². The first-order chi connectivity index (χ1) is 7.69. The zero-order valence-electron chi connectivity index (χ0n) is 9.10. The van der Waals surface area contributed by atoms with Gasteiger partial charge in [0.15, 0.2) is 0 Å². The third kappa shape index (κ3) is 2.99. The van der Waals surface area contributed by atoms with Crippen LogP contribution in [0.15, 0.2) is 24.3 Å². The van der Waals surface area contributed by atoms with Gasteiger partial charge in [-0.05, 0) is 18.6 Å². The van der Waals surface area contributed by atoms with Crippen LogP contribution in [-0.4, -0.2) is 17.1 Å². The number of amides is 1. The minimum atomic E-state index is -0.347. The summed E-state index contributed by atoms with van der Waals surface area (Å²) in [7, 11) is 0. The van der Waals surface area contributed by atoms with Crippen LogP contribution >= 0.6 is 0 Å². The highest BCUT2D eigenvalue weighted by atomic mass is 16.3. The normalized spacial score (nSPS) is 11.5. The average Bonchev–Trinajstić information content (AvgIpc) is 2.28. The standard InChI is InChI=1S/C12H14N2O2/c1-2-9(7-8-13)14-12(16)10-5-3-4-6-11(10)15/h3-6,9,15H,2,7H2,1H3,(H,14,16). The zero-order chi connectivity index (χ0) is 12.0. The van der Waals surface area contributed by atoms with E-state index in [1.165, 1.54) is 6.07 Å². The summed E-state index contributed by atoms with van der Waals surface area (Å²) >= 11 is 0. The Kier molecular flexibility index (Phi) is 4.34. The first-order valence-electron chi connectivity index (χ1n) is 5.14. The van der Waals surface area contributed by atoms with Crippen molar-refractivity contribution < 1.29 is 9.90 Å². The van der Waals surface area contributed by atoms with E-state index in [0.717, 1.165) is 0 Å². The molecule has 1 aromatic rings. The van der Waals surface area contributed by atoms with Crippen LogP contribution in [0, 0.1) is 11.3 Å². The SMILES string of the molecule is CCC(CC#N)NC(=O)c1ccccc1O. The van der Waals surface area contributed by atoms with Gasteiger partial charge in [-0.15, -0.1) is 0 Å². The van der Waals surface area contributed by atoms with E-state index in [-0.39, 0.29) is 29.7 Å². The van der Waals surface area contributed by atoms with Gasteiger partial charge in [0.25, 0.3) is 5.91 Å². The maximum Gasteiger partial charge on any atom is 0.255 e. The van der Waals surface area contributed by atoms with Crippen molar-refractivity contribution in [1.82, 2.24) is 5.32 Å². The average molecular weight is 218 g/mol. The molecule has 1 amide bonds. The number of para-hydroxylation sites is 1. The van der Waals surface area contributed by atoms with Crippen molar-refractivity contribution >= 4 is 5.91 Å². The maximum atomic E-state index is 11.7. The molecule has 0 spiro atoms. The van der Waals surface area contributed by atoms with Gasteiger partial charge in [0, 0.05) is 6.04 Å². The van der Waals surface area contributed by atoms with Crippen LogP contribution in [0.1, 0.15) is 30.1 Å². The van der Waals surface area contributed by atoms with Crippen LogP contribution in [0.25, 0.3) is 0 Å². The van der Waals surface area contributed by atoms with Crippen LogP contribution in [0.5, 0.6) is 5.75 Å². The van der Waals surface area contributed by atoms with Gasteiger partial charge in [-0.25, -0.2) is 0 Å². The van der Waals surface area contributed by atoms with Crippen molar-refractivity contribution in [2.45, 2.75) is 25.8 Å². The Morgan fingerprint density at radius 1 is 1.56 bits per heavy atom. The molecule has 0 saturated carbocycles. The number of phenols is 1. The van der Waals surface area contributed by atoms with E-state index in [9.17, 15) is 9.90 Å². The first-order valence-corrected chi connectivity index (χ1v) is 5.14. The monoisotopic (exact) mass is 218 g/mol. The quantitative estimate of drug-likeness (QED) is 0.809. The lowest BCUT2D eigenvalue weighted by molar-refractivity contribution is 0.0934. The molecule has 2 N–H and O–H groups in total. The van der Waals surface area contributed by atoms with Crippen molar-refractivity contribution in [3.63, 3.8) is 0 Å². The second-order valence-corrected chi connectivity index (χ2v) is 3.46. The van der Waals surface area contributed by atoms with Gasteiger partial charge in [-0.3, -0.25) is 4.79 Å². The Balaban J connectivity index is 2.73. The molecule has 4 nitrogen and oxygen atoms in total. The number of benzene rings is 1. The second kappa shape index (κ2) is 5.76. The maximum absolute atomic E-state index is 11.7. The van der Waals surface area contributed by atoms with Crippen molar-refractivity contribution in [3.8, 4) is 11.8 Å². The van der Waals surface area contributed by atoms with Crippen molar-refractivity contribution in [3.05, 3.63) is 29.8 Å². The Bertz CT molecular complexity index is 410. The highest BCUT2D eigenvalue weighted by Gasteiger charge is 2.14. The highest BCUT2D eigenvalue weighted by Crippen LogP contribution is 2.15. The minimum Gasteiger partial charge on any atom is -0.507 e. The Morgan fingerprint density at radius 3 is 2.81 bits per heavy atom. The van der Waals surface area contributed by atoms with E-state index in [4.69, 9.17) is 5.26 Å². The molecule has 1 aromatic carbocycles. The molecule has 1 rings (SSSR count). The number of hydrogen-bond acceptors (Lipinski definition) is 3. The van der Waals surface area contributed by atoms with E-state index in [0.29, 0.717) is 6.42 Å². The number of nitriles is 1. The largest absolute Gasteiger partial charge is 0.507 e. The molecule has 0 saturated heterocycles. The number of carbonyl (C=O) groups is 1. The summed E-state index contributed by atoms with van der Waals surface area (Å²) in [5, 5.41) is 20.7. The predicted molar refractivity (Wildman–Crippen MR) is 59.9 cm³/mol. The third-order valence-electron chi connectivity index (χ3n) is 2.31. The van der Waals surface area contributed by atoms with Crippen LogP contribution in [0.4, 0.5) is 0 Å². The van der Waals surface area contributed by atoms with Crippen LogP contribution < -0.4 is 5.32 Å². The lowest BCUT2D eigenvalue weighted by Gasteiger charge is -2.13. The number of phenolic OH excluding ortho intramolecular Hbond substituents is 1. The van der Waals surface area contributed by atoms with Crippen LogP contribution in [-0.2, 0) is 0 Å². The summed E-state index contributed by atoms with van der Waals surface area (Å²) < 4.78 is 0. The summed E-state index contributed by atoms with van der Waals surface area (Å²) in [6, 6.07) is 8.18. The topological polar surface area (TPSA) is 73.1 Å². The lowest BCUT2D eigenvalue weighted by Crippen LogP contribution is -2.34. The van der Waals surface area contributed by atoms with Gasteiger partial charge in [0.1, 0.15) is 5.75 Å². The number of carbonyl (C=O) groups excluding carboxylic acids is 1. The summed E-state index contributed by atoms with van der Waals surface area (Å²) in [4.78, 5) is 11.7. The van der Waals surface area contributed by atoms with Crippen LogP contribution in [0.3, 0.4) is 0 Å². The molecule has 0 heterocycles. The van der Waals surface area contributed by atoms with Gasteiger partial charge in [0.05, 0.1) is 18.1 Å². The zero-order valence-corrected chi connectivity index (χ0v) is 9.10. The molecular formula is C12H14N2O2. The number of aromatic hydroxyl groups is 1. The van der Waals surface area contributed by atoms with Gasteiger partial charge in [0.2, 0.25) is 0 Å². The highest BCUT2D eigenvalue weighted by molar-refractivity contribution is 5.96. The second-order valence-electron chi connectivity index (χ2n) is 3.46. The molecule has 0 bridgehead atoms. The molecule has 0 aliphatic rings. The molecule has 4 heteroatoms. The number of hydrogen-bond donors (Lipinski definition) is 2. The Labute approximate surface area is 94.5 Å². The van der Waals surface area contributed by atoms with Gasteiger partial charge in [-0.1, -0.05) is 19.1 Å². The van der Waals surface area contributed by atoms with Crippen molar-refractivity contribution in [2.75, 3.05) is 0 Å². The molecule has 1 atom stereocenters. The number of nitrogens with zero attached hydrogens (tertiary/aromatic N) is 1. The molecule has 0 radical (unpaired) electrons.